The summed E-state index contributed by atoms with van der Waals surface area (Å²) in [5.74, 6) is 1.68. The minimum atomic E-state index is -0.348. The second kappa shape index (κ2) is 7.91. The first-order chi connectivity index (χ1) is 13.5. The number of hydrogen-bond acceptors (Lipinski definition) is 6. The number of halogens is 1. The van der Waals surface area contributed by atoms with Crippen molar-refractivity contribution in [1.82, 2.24) is 14.9 Å². The summed E-state index contributed by atoms with van der Waals surface area (Å²) in [7, 11) is 0. The van der Waals surface area contributed by atoms with E-state index in [0.29, 0.717) is 43.1 Å². The molecule has 1 fully saturated rings. The Balaban J connectivity index is 1.38. The Morgan fingerprint density at radius 1 is 1.18 bits per heavy atom. The smallest absolute Gasteiger partial charge is 0.257 e. The Morgan fingerprint density at radius 3 is 2.71 bits per heavy atom. The Bertz CT molecular complexity index is 841. The summed E-state index contributed by atoms with van der Waals surface area (Å²) < 4.78 is 31.5. The molecule has 0 radical (unpaired) electrons. The standard InChI is InChI=1S/C21H26FN3O3/c1-13-8-17(9-14(2)23-13)28-12-16-4-5-25(11-16)15(3)20-18(22)10-19-21(24-20)27-7-6-26-19/h8-10,15-16H,4-7,11-12H2,1-3H3. The summed E-state index contributed by atoms with van der Waals surface area (Å²) >= 11 is 0. The third kappa shape index (κ3) is 4.04. The number of nitrogens with zero attached hydrogens (tertiary/aromatic N) is 3. The van der Waals surface area contributed by atoms with E-state index >= 15 is 0 Å². The average Bonchev–Trinajstić information content (AvgIpc) is 3.13. The number of aryl methyl sites for hydroxylation is 2. The van der Waals surface area contributed by atoms with Crippen LogP contribution in [-0.2, 0) is 0 Å². The molecule has 0 amide bonds. The lowest BCUT2D eigenvalue weighted by atomic mass is 10.1. The van der Waals surface area contributed by atoms with E-state index in [-0.39, 0.29) is 11.9 Å². The van der Waals surface area contributed by atoms with E-state index in [2.05, 4.69) is 14.9 Å². The van der Waals surface area contributed by atoms with E-state index in [1.807, 2.05) is 32.9 Å². The zero-order valence-corrected chi connectivity index (χ0v) is 16.6. The normalized spacial score (nSPS) is 20.2. The van der Waals surface area contributed by atoms with Gasteiger partial charge in [-0.1, -0.05) is 0 Å². The molecule has 150 valence electrons. The maximum atomic E-state index is 14.6. The van der Waals surface area contributed by atoms with Crippen LogP contribution in [0.4, 0.5) is 4.39 Å². The maximum absolute atomic E-state index is 14.6. The Morgan fingerprint density at radius 2 is 1.93 bits per heavy atom. The van der Waals surface area contributed by atoms with E-state index in [9.17, 15) is 4.39 Å². The molecule has 2 aromatic heterocycles. The average molecular weight is 387 g/mol. The number of ether oxygens (including phenoxy) is 3. The molecule has 28 heavy (non-hydrogen) atoms. The van der Waals surface area contributed by atoms with Gasteiger partial charge in [0.2, 0.25) is 0 Å². The second-order valence-corrected chi connectivity index (χ2v) is 7.58. The van der Waals surface area contributed by atoms with Crippen molar-refractivity contribution in [3.05, 3.63) is 41.1 Å². The van der Waals surface area contributed by atoms with Crippen molar-refractivity contribution in [2.75, 3.05) is 32.9 Å². The predicted molar refractivity (Wildman–Crippen MR) is 102 cm³/mol. The van der Waals surface area contributed by atoms with Crippen LogP contribution >= 0.6 is 0 Å². The van der Waals surface area contributed by atoms with Crippen LogP contribution in [0.15, 0.2) is 18.2 Å². The molecule has 4 heterocycles. The summed E-state index contributed by atoms with van der Waals surface area (Å²) in [4.78, 5) is 11.0. The van der Waals surface area contributed by atoms with Gasteiger partial charge in [0.15, 0.2) is 5.75 Å². The van der Waals surface area contributed by atoms with E-state index < -0.39 is 0 Å². The number of rotatable bonds is 5. The van der Waals surface area contributed by atoms with Crippen molar-refractivity contribution in [2.45, 2.75) is 33.2 Å². The SMILES string of the molecule is Cc1cc(OCC2CCN(C(C)c3nc4c(cc3F)OCCO4)C2)cc(C)n1. The molecule has 0 aromatic carbocycles. The quantitative estimate of drug-likeness (QED) is 0.783. The third-order valence-corrected chi connectivity index (χ3v) is 5.32. The summed E-state index contributed by atoms with van der Waals surface area (Å²) in [6.07, 6.45) is 1.01. The molecule has 0 bridgehead atoms. The molecule has 7 heteroatoms. The van der Waals surface area contributed by atoms with E-state index in [1.54, 1.807) is 0 Å². The lowest BCUT2D eigenvalue weighted by molar-refractivity contribution is 0.159. The highest BCUT2D eigenvalue weighted by atomic mass is 19.1. The second-order valence-electron chi connectivity index (χ2n) is 7.58. The van der Waals surface area contributed by atoms with Gasteiger partial charge in [0.25, 0.3) is 5.88 Å². The molecule has 2 aliphatic rings. The largest absolute Gasteiger partial charge is 0.493 e. The molecular weight excluding hydrogens is 361 g/mol. The number of hydrogen-bond donors (Lipinski definition) is 0. The molecule has 2 atom stereocenters. The van der Waals surface area contributed by atoms with Crippen molar-refractivity contribution in [2.24, 2.45) is 5.92 Å². The highest BCUT2D eigenvalue weighted by molar-refractivity contribution is 5.37. The Kier molecular flexibility index (Phi) is 5.35. The Labute approximate surface area is 164 Å². The molecular formula is C21H26FN3O3. The van der Waals surface area contributed by atoms with Crippen LogP contribution in [0.25, 0.3) is 0 Å². The van der Waals surface area contributed by atoms with Gasteiger partial charge in [-0.2, -0.15) is 0 Å². The van der Waals surface area contributed by atoms with Crippen LogP contribution in [0, 0.1) is 25.6 Å². The van der Waals surface area contributed by atoms with Crippen molar-refractivity contribution < 1.29 is 18.6 Å². The van der Waals surface area contributed by atoms with Crippen molar-refractivity contribution in [1.29, 1.82) is 0 Å². The van der Waals surface area contributed by atoms with Gasteiger partial charge in [-0.3, -0.25) is 9.88 Å². The van der Waals surface area contributed by atoms with Crippen molar-refractivity contribution in [3.8, 4) is 17.4 Å². The van der Waals surface area contributed by atoms with Crippen LogP contribution in [-0.4, -0.2) is 47.8 Å². The number of aromatic nitrogens is 2. The van der Waals surface area contributed by atoms with Gasteiger partial charge in [-0.05, 0) is 33.7 Å². The minimum absolute atomic E-state index is 0.133. The number of pyridine rings is 2. The van der Waals surface area contributed by atoms with Gasteiger partial charge in [-0.15, -0.1) is 0 Å². The highest BCUT2D eigenvalue weighted by Crippen LogP contribution is 2.34. The molecule has 6 nitrogen and oxygen atoms in total. The molecule has 4 rings (SSSR count). The van der Waals surface area contributed by atoms with E-state index in [1.165, 1.54) is 6.07 Å². The van der Waals surface area contributed by atoms with Crippen LogP contribution in [0.1, 0.15) is 36.5 Å². The van der Waals surface area contributed by atoms with Crippen LogP contribution < -0.4 is 14.2 Å². The minimum Gasteiger partial charge on any atom is -0.493 e. The first-order valence-corrected chi connectivity index (χ1v) is 9.78. The molecule has 2 unspecified atom stereocenters. The molecule has 0 saturated carbocycles. The van der Waals surface area contributed by atoms with Crippen LogP contribution in [0.3, 0.4) is 0 Å². The first-order valence-electron chi connectivity index (χ1n) is 9.78. The van der Waals surface area contributed by atoms with Gasteiger partial charge in [0, 0.05) is 42.0 Å². The molecule has 2 aliphatic heterocycles. The summed E-state index contributed by atoms with van der Waals surface area (Å²) in [6, 6.07) is 5.16. The maximum Gasteiger partial charge on any atom is 0.257 e. The van der Waals surface area contributed by atoms with Gasteiger partial charge in [0.05, 0.1) is 18.3 Å². The predicted octanol–water partition coefficient (Wildman–Crippen LogP) is 3.47. The van der Waals surface area contributed by atoms with E-state index in [4.69, 9.17) is 14.2 Å². The zero-order valence-electron chi connectivity index (χ0n) is 16.6. The van der Waals surface area contributed by atoms with Gasteiger partial charge in [-0.25, -0.2) is 9.37 Å². The Hall–Kier alpha value is -2.41. The summed E-state index contributed by atoms with van der Waals surface area (Å²) in [5, 5.41) is 0. The lowest BCUT2D eigenvalue weighted by Crippen LogP contribution is -2.27. The first kappa shape index (κ1) is 18.9. The number of fused-ring (bicyclic) bond motifs is 1. The van der Waals surface area contributed by atoms with Crippen LogP contribution in [0.2, 0.25) is 0 Å². The topological polar surface area (TPSA) is 56.7 Å². The zero-order chi connectivity index (χ0) is 19.7. The third-order valence-electron chi connectivity index (χ3n) is 5.32. The van der Waals surface area contributed by atoms with E-state index in [0.717, 1.165) is 36.6 Å². The fourth-order valence-corrected chi connectivity index (χ4v) is 3.88. The monoisotopic (exact) mass is 387 g/mol. The lowest BCUT2D eigenvalue weighted by Gasteiger charge is -2.26. The van der Waals surface area contributed by atoms with Gasteiger partial charge in [0.1, 0.15) is 24.8 Å². The molecule has 1 saturated heterocycles. The molecule has 2 aromatic rings. The van der Waals surface area contributed by atoms with Crippen molar-refractivity contribution in [3.63, 3.8) is 0 Å². The van der Waals surface area contributed by atoms with Crippen molar-refractivity contribution >= 4 is 0 Å². The van der Waals surface area contributed by atoms with Gasteiger partial charge < -0.3 is 14.2 Å². The molecule has 0 spiro atoms. The number of likely N-dealkylation sites (tertiary alicyclic amines) is 1. The highest BCUT2D eigenvalue weighted by Gasteiger charge is 2.30. The van der Waals surface area contributed by atoms with Crippen LogP contribution in [0.5, 0.6) is 17.4 Å². The summed E-state index contributed by atoms with van der Waals surface area (Å²) in [6.45, 7) is 9.16. The fourth-order valence-electron chi connectivity index (χ4n) is 3.88. The summed E-state index contributed by atoms with van der Waals surface area (Å²) in [5.41, 5.74) is 2.32. The van der Waals surface area contributed by atoms with Gasteiger partial charge >= 0.3 is 0 Å². The molecule has 0 aliphatic carbocycles. The molecule has 0 N–H and O–H groups in total. The fraction of sp³-hybridized carbons (Fsp3) is 0.524.